The zero-order valence-electron chi connectivity index (χ0n) is 11.7. The first-order valence-corrected chi connectivity index (χ1v) is 8.32. The summed E-state index contributed by atoms with van der Waals surface area (Å²) in [4.78, 5) is 24.8. The molecule has 2 aromatic heterocycles. The molecule has 110 valence electrons. The Kier molecular flexibility index (Phi) is 3.06. The molecule has 1 saturated heterocycles. The van der Waals surface area contributed by atoms with Gasteiger partial charge in [0.25, 0.3) is 0 Å². The highest BCUT2D eigenvalue weighted by molar-refractivity contribution is 7.19. The lowest BCUT2D eigenvalue weighted by Crippen LogP contribution is -2.36. The van der Waals surface area contributed by atoms with Gasteiger partial charge in [-0.1, -0.05) is 0 Å². The summed E-state index contributed by atoms with van der Waals surface area (Å²) in [6, 6.07) is -0.442. The van der Waals surface area contributed by atoms with Crippen molar-refractivity contribution in [2.24, 2.45) is 0 Å². The number of aromatic nitrogens is 2. The monoisotopic (exact) mass is 303 g/mol. The molecule has 2 aliphatic rings. The van der Waals surface area contributed by atoms with Crippen LogP contribution in [-0.2, 0) is 17.6 Å². The number of carboxylic acid groups (broad SMARTS) is 1. The summed E-state index contributed by atoms with van der Waals surface area (Å²) in [6.45, 7) is 0.772. The smallest absolute Gasteiger partial charge is 0.326 e. The third kappa shape index (κ3) is 2.00. The molecule has 1 aliphatic carbocycles. The van der Waals surface area contributed by atoms with Crippen LogP contribution < -0.4 is 4.90 Å². The molecule has 0 bridgehead atoms. The Morgan fingerprint density at radius 2 is 2.14 bits per heavy atom. The summed E-state index contributed by atoms with van der Waals surface area (Å²) in [6.07, 6.45) is 7.83. The first-order valence-electron chi connectivity index (χ1n) is 7.50. The highest BCUT2D eigenvalue weighted by Crippen LogP contribution is 2.40. The maximum absolute atomic E-state index is 11.5. The third-order valence-electron chi connectivity index (χ3n) is 4.54. The quantitative estimate of drug-likeness (QED) is 0.924. The Labute approximate surface area is 126 Å². The average molecular weight is 303 g/mol. The molecule has 0 radical (unpaired) electrons. The van der Waals surface area contributed by atoms with Crippen LogP contribution in [0.1, 0.15) is 36.1 Å². The molecule has 5 nitrogen and oxygen atoms in total. The molecule has 21 heavy (non-hydrogen) atoms. The number of aliphatic carboxylic acids is 1. The molecule has 0 amide bonds. The van der Waals surface area contributed by atoms with E-state index in [1.807, 2.05) is 4.90 Å². The lowest BCUT2D eigenvalue weighted by atomic mass is 9.97. The van der Waals surface area contributed by atoms with Crippen LogP contribution >= 0.6 is 11.3 Å². The Morgan fingerprint density at radius 3 is 3.00 bits per heavy atom. The van der Waals surface area contributed by atoms with Crippen LogP contribution in [0.4, 0.5) is 5.82 Å². The number of aryl methyl sites for hydroxylation is 2. The summed E-state index contributed by atoms with van der Waals surface area (Å²) in [5.74, 6) is 0.0904. The van der Waals surface area contributed by atoms with Gasteiger partial charge in [0.15, 0.2) is 0 Å². The fraction of sp³-hybridized carbons (Fsp3) is 0.533. The summed E-state index contributed by atoms with van der Waals surface area (Å²) >= 11 is 1.76. The Bertz CT molecular complexity index is 712. The molecular formula is C15H17N3O2S. The normalized spacial score (nSPS) is 21.7. The van der Waals surface area contributed by atoms with Crippen molar-refractivity contribution in [3.05, 3.63) is 16.8 Å². The molecule has 0 spiro atoms. The van der Waals surface area contributed by atoms with Crippen LogP contribution in [0.25, 0.3) is 10.2 Å². The van der Waals surface area contributed by atoms with E-state index in [1.165, 1.54) is 23.3 Å². The van der Waals surface area contributed by atoms with E-state index in [4.69, 9.17) is 0 Å². The summed E-state index contributed by atoms with van der Waals surface area (Å²) in [7, 11) is 0. The second-order valence-corrected chi connectivity index (χ2v) is 6.86. The van der Waals surface area contributed by atoms with Crippen molar-refractivity contribution in [3.63, 3.8) is 0 Å². The molecule has 1 fully saturated rings. The fourth-order valence-corrected chi connectivity index (χ4v) is 4.79. The van der Waals surface area contributed by atoms with Gasteiger partial charge in [-0.2, -0.15) is 0 Å². The zero-order valence-corrected chi connectivity index (χ0v) is 12.5. The largest absolute Gasteiger partial charge is 0.480 e. The van der Waals surface area contributed by atoms with E-state index < -0.39 is 12.0 Å². The van der Waals surface area contributed by atoms with Gasteiger partial charge in [-0.3, -0.25) is 0 Å². The van der Waals surface area contributed by atoms with Crippen LogP contribution in [0.15, 0.2) is 6.33 Å². The molecule has 0 unspecified atom stereocenters. The van der Waals surface area contributed by atoms with Crippen LogP contribution in [0.2, 0.25) is 0 Å². The number of carboxylic acids is 1. The number of hydrogen-bond donors (Lipinski definition) is 1. The second-order valence-electron chi connectivity index (χ2n) is 5.78. The Morgan fingerprint density at radius 1 is 1.29 bits per heavy atom. The van der Waals surface area contributed by atoms with E-state index in [0.29, 0.717) is 6.42 Å². The topological polar surface area (TPSA) is 66.3 Å². The molecular weight excluding hydrogens is 286 g/mol. The number of rotatable bonds is 2. The maximum atomic E-state index is 11.5. The number of fused-ring (bicyclic) bond motifs is 3. The highest BCUT2D eigenvalue weighted by atomic mass is 32.1. The molecule has 6 heteroatoms. The zero-order chi connectivity index (χ0) is 14.4. The molecule has 0 saturated carbocycles. The molecule has 3 heterocycles. The van der Waals surface area contributed by atoms with Gasteiger partial charge in [0.05, 0.1) is 5.39 Å². The first-order chi connectivity index (χ1) is 10.3. The van der Waals surface area contributed by atoms with Crippen molar-refractivity contribution < 1.29 is 9.90 Å². The number of nitrogens with zero attached hydrogens (tertiary/aromatic N) is 3. The van der Waals surface area contributed by atoms with Gasteiger partial charge >= 0.3 is 5.97 Å². The Balaban J connectivity index is 1.88. The summed E-state index contributed by atoms with van der Waals surface area (Å²) in [5.41, 5.74) is 1.37. The minimum atomic E-state index is -0.747. The van der Waals surface area contributed by atoms with E-state index in [1.54, 1.807) is 17.7 Å². The standard InChI is InChI=1S/C15H17N3O2S/c19-15(20)10-5-3-7-18(10)13-12-9-4-1-2-6-11(9)21-14(12)17-8-16-13/h8,10H,1-7H2,(H,19,20)/t10-/m1/s1. The van der Waals surface area contributed by atoms with Gasteiger partial charge in [-0.25, -0.2) is 14.8 Å². The summed E-state index contributed by atoms with van der Waals surface area (Å²) < 4.78 is 0. The van der Waals surface area contributed by atoms with Crippen LogP contribution in [-0.4, -0.2) is 33.6 Å². The number of hydrogen-bond acceptors (Lipinski definition) is 5. The molecule has 1 N–H and O–H groups in total. The third-order valence-corrected chi connectivity index (χ3v) is 5.74. The molecule has 1 aliphatic heterocycles. The van der Waals surface area contributed by atoms with Crippen molar-refractivity contribution in [1.29, 1.82) is 0 Å². The minimum absolute atomic E-state index is 0.442. The van der Waals surface area contributed by atoms with Crippen LogP contribution in [0, 0.1) is 0 Å². The molecule has 2 aromatic rings. The predicted octanol–water partition coefficient (Wildman–Crippen LogP) is 2.62. The summed E-state index contributed by atoms with van der Waals surface area (Å²) in [5, 5.41) is 10.5. The average Bonchev–Trinajstić information content (AvgIpc) is 3.11. The second kappa shape index (κ2) is 4.94. The van der Waals surface area contributed by atoms with Crippen molar-refractivity contribution in [1.82, 2.24) is 9.97 Å². The van der Waals surface area contributed by atoms with Crippen molar-refractivity contribution in [2.45, 2.75) is 44.6 Å². The van der Waals surface area contributed by atoms with Crippen molar-refractivity contribution in [3.8, 4) is 0 Å². The van der Waals surface area contributed by atoms with Crippen LogP contribution in [0.5, 0.6) is 0 Å². The maximum Gasteiger partial charge on any atom is 0.326 e. The lowest BCUT2D eigenvalue weighted by Gasteiger charge is -2.23. The van der Waals surface area contributed by atoms with Gasteiger partial charge in [-0.15, -0.1) is 11.3 Å². The van der Waals surface area contributed by atoms with E-state index >= 15 is 0 Å². The number of anilines is 1. The molecule has 0 aromatic carbocycles. The van der Waals surface area contributed by atoms with Gasteiger partial charge in [-0.05, 0) is 44.1 Å². The van der Waals surface area contributed by atoms with E-state index in [-0.39, 0.29) is 0 Å². The highest BCUT2D eigenvalue weighted by Gasteiger charge is 2.33. The first kappa shape index (κ1) is 13.0. The Hall–Kier alpha value is -1.69. The van der Waals surface area contributed by atoms with Gasteiger partial charge in [0.2, 0.25) is 0 Å². The lowest BCUT2D eigenvalue weighted by molar-refractivity contribution is -0.138. The number of thiophene rings is 1. The fourth-order valence-electron chi connectivity index (χ4n) is 3.57. The minimum Gasteiger partial charge on any atom is -0.480 e. The molecule has 4 rings (SSSR count). The van der Waals surface area contributed by atoms with E-state index in [2.05, 4.69) is 9.97 Å². The predicted molar refractivity (Wildman–Crippen MR) is 82.1 cm³/mol. The van der Waals surface area contributed by atoms with Crippen LogP contribution in [0.3, 0.4) is 0 Å². The van der Waals surface area contributed by atoms with Crippen molar-refractivity contribution >= 4 is 33.3 Å². The molecule has 1 atom stereocenters. The van der Waals surface area contributed by atoms with E-state index in [0.717, 1.165) is 41.8 Å². The van der Waals surface area contributed by atoms with Gasteiger partial charge in [0, 0.05) is 11.4 Å². The van der Waals surface area contributed by atoms with Gasteiger partial charge < -0.3 is 10.0 Å². The number of carbonyl (C=O) groups is 1. The van der Waals surface area contributed by atoms with Crippen molar-refractivity contribution in [2.75, 3.05) is 11.4 Å². The SMILES string of the molecule is O=C(O)[C@H]1CCCN1c1ncnc2sc3c(c12)CCCC3. The van der Waals surface area contributed by atoms with E-state index in [9.17, 15) is 9.90 Å². The van der Waals surface area contributed by atoms with Gasteiger partial charge in [0.1, 0.15) is 23.0 Å².